The van der Waals surface area contributed by atoms with E-state index in [0.717, 1.165) is 0 Å². The first-order chi connectivity index (χ1) is 10.3. The van der Waals surface area contributed by atoms with Gasteiger partial charge in [-0.1, -0.05) is 12.1 Å². The van der Waals surface area contributed by atoms with E-state index in [2.05, 4.69) is 0 Å². The van der Waals surface area contributed by atoms with Crippen molar-refractivity contribution in [1.29, 1.82) is 0 Å². The van der Waals surface area contributed by atoms with Gasteiger partial charge in [-0.25, -0.2) is 9.59 Å². The summed E-state index contributed by atoms with van der Waals surface area (Å²) in [5, 5.41) is 46.9. The van der Waals surface area contributed by atoms with Gasteiger partial charge >= 0.3 is 11.9 Å². The third kappa shape index (κ3) is 3.02. The molecule has 0 amide bonds. The molecule has 1 aliphatic rings. The van der Waals surface area contributed by atoms with Crippen LogP contribution < -0.4 is 4.74 Å². The Kier molecular flexibility index (Phi) is 4.62. The Morgan fingerprint density at radius 2 is 1.64 bits per heavy atom. The number of aliphatic hydroxyl groups excluding tert-OH is 3. The summed E-state index contributed by atoms with van der Waals surface area (Å²) < 4.78 is 10.1. The fraction of sp³-hybridized carbons (Fsp3) is 0.385. The molecule has 1 aliphatic heterocycles. The van der Waals surface area contributed by atoms with Crippen LogP contribution in [0.15, 0.2) is 24.3 Å². The Bertz CT molecular complexity index is 572. The van der Waals surface area contributed by atoms with Crippen LogP contribution in [0.3, 0.4) is 0 Å². The van der Waals surface area contributed by atoms with Crippen LogP contribution in [-0.2, 0) is 9.53 Å². The quantitative estimate of drug-likeness (QED) is 0.454. The lowest BCUT2D eigenvalue weighted by molar-refractivity contribution is -0.271. The van der Waals surface area contributed by atoms with E-state index < -0.39 is 42.6 Å². The number of hydrogen-bond donors (Lipinski definition) is 5. The first-order valence-corrected chi connectivity index (χ1v) is 6.24. The molecule has 0 saturated carbocycles. The number of hydrogen-bond acceptors (Lipinski definition) is 7. The summed E-state index contributed by atoms with van der Waals surface area (Å²) in [6, 6.07) is 5.45. The second kappa shape index (κ2) is 6.28. The van der Waals surface area contributed by atoms with E-state index in [-0.39, 0.29) is 11.3 Å². The van der Waals surface area contributed by atoms with Gasteiger partial charge in [-0.2, -0.15) is 0 Å². The molecule has 2 unspecified atom stereocenters. The van der Waals surface area contributed by atoms with E-state index in [0.29, 0.717) is 0 Å². The molecule has 1 fully saturated rings. The topological polar surface area (TPSA) is 154 Å². The van der Waals surface area contributed by atoms with Crippen LogP contribution in [-0.4, -0.2) is 68.2 Å². The van der Waals surface area contributed by atoms with Gasteiger partial charge in [-0.15, -0.1) is 0 Å². The first-order valence-electron chi connectivity index (χ1n) is 6.24. The highest BCUT2D eigenvalue weighted by Gasteiger charge is 2.48. The summed E-state index contributed by atoms with van der Waals surface area (Å²) in [4.78, 5) is 22.0. The molecule has 0 radical (unpaired) electrons. The van der Waals surface area contributed by atoms with Crippen LogP contribution in [0.4, 0.5) is 0 Å². The lowest BCUT2D eigenvalue weighted by Crippen LogP contribution is -2.61. The van der Waals surface area contributed by atoms with Gasteiger partial charge in [-0.3, -0.25) is 0 Å². The Morgan fingerprint density at radius 1 is 1.00 bits per heavy atom. The van der Waals surface area contributed by atoms with Crippen LogP contribution in [0.1, 0.15) is 10.4 Å². The molecular weight excluding hydrogens is 300 g/mol. The van der Waals surface area contributed by atoms with Gasteiger partial charge in [0.25, 0.3) is 0 Å². The maximum atomic E-state index is 11.1. The van der Waals surface area contributed by atoms with Crippen molar-refractivity contribution in [3.05, 3.63) is 29.8 Å². The molecule has 1 heterocycles. The maximum absolute atomic E-state index is 11.1. The number of aliphatic hydroxyl groups is 3. The van der Waals surface area contributed by atoms with Crippen molar-refractivity contribution >= 4 is 11.9 Å². The van der Waals surface area contributed by atoms with Crippen molar-refractivity contribution in [2.24, 2.45) is 0 Å². The van der Waals surface area contributed by atoms with E-state index in [1.54, 1.807) is 0 Å². The zero-order valence-electron chi connectivity index (χ0n) is 11.1. The number of para-hydroxylation sites is 1. The standard InChI is InChI=1S/C13H14O9/c14-7-8(15)10(12(19)20)22-13(9(7)16)21-6-4-2-1-3-5(6)11(17)18/h1-4,7-10,13-16H,(H,17,18)(H,19,20)/t7-,8-,9?,10?,13+/m0/s1. The van der Waals surface area contributed by atoms with Gasteiger partial charge in [0.2, 0.25) is 6.29 Å². The fourth-order valence-corrected chi connectivity index (χ4v) is 2.02. The fourth-order valence-electron chi connectivity index (χ4n) is 2.02. The summed E-state index contributed by atoms with van der Waals surface area (Å²) in [6.45, 7) is 0. The van der Waals surface area contributed by atoms with Crippen molar-refractivity contribution in [1.82, 2.24) is 0 Å². The smallest absolute Gasteiger partial charge is 0.339 e. The lowest BCUT2D eigenvalue weighted by Gasteiger charge is -2.38. The summed E-state index contributed by atoms with van der Waals surface area (Å²) in [5.41, 5.74) is -0.231. The minimum absolute atomic E-state index is 0.174. The Hall–Kier alpha value is -2.20. The molecule has 0 aromatic heterocycles. The highest BCUT2D eigenvalue weighted by atomic mass is 16.7. The van der Waals surface area contributed by atoms with Crippen molar-refractivity contribution in [2.75, 3.05) is 0 Å². The highest BCUT2D eigenvalue weighted by Crippen LogP contribution is 2.26. The molecule has 1 saturated heterocycles. The molecule has 9 heteroatoms. The van der Waals surface area contributed by atoms with E-state index >= 15 is 0 Å². The number of aliphatic carboxylic acids is 1. The highest BCUT2D eigenvalue weighted by molar-refractivity contribution is 5.90. The van der Waals surface area contributed by atoms with Gasteiger partial charge in [0.1, 0.15) is 29.6 Å². The van der Waals surface area contributed by atoms with E-state index in [1.807, 2.05) is 0 Å². The molecule has 1 aromatic carbocycles. The predicted octanol–water partition coefficient (Wildman–Crippen LogP) is -1.34. The molecule has 0 bridgehead atoms. The van der Waals surface area contributed by atoms with Crippen LogP contribution in [0, 0.1) is 0 Å². The van der Waals surface area contributed by atoms with E-state index in [1.165, 1.54) is 24.3 Å². The average Bonchev–Trinajstić information content (AvgIpc) is 2.47. The van der Waals surface area contributed by atoms with Gasteiger partial charge in [0.05, 0.1) is 0 Å². The third-order valence-electron chi connectivity index (χ3n) is 3.17. The average molecular weight is 314 g/mol. The normalized spacial score (nSPS) is 31.5. The predicted molar refractivity (Wildman–Crippen MR) is 68.3 cm³/mol. The number of carboxylic acids is 2. The summed E-state index contributed by atoms with van der Waals surface area (Å²) in [6.07, 6.45) is -8.90. The maximum Gasteiger partial charge on any atom is 0.339 e. The Labute approximate surface area is 124 Å². The Balaban J connectivity index is 2.25. The summed E-state index contributed by atoms with van der Waals surface area (Å²) in [7, 11) is 0. The minimum atomic E-state index is -1.85. The number of aromatic carboxylic acids is 1. The van der Waals surface area contributed by atoms with Crippen LogP contribution in [0.5, 0.6) is 5.75 Å². The molecule has 0 aliphatic carbocycles. The van der Waals surface area contributed by atoms with Crippen molar-refractivity contribution in [2.45, 2.75) is 30.7 Å². The van der Waals surface area contributed by atoms with Gasteiger partial charge in [0.15, 0.2) is 6.10 Å². The number of carboxylic acid groups (broad SMARTS) is 2. The van der Waals surface area contributed by atoms with Gasteiger partial charge in [0, 0.05) is 0 Å². The number of benzene rings is 1. The molecule has 5 N–H and O–H groups in total. The second-order valence-corrected chi connectivity index (χ2v) is 4.65. The van der Waals surface area contributed by atoms with Crippen LogP contribution in [0.25, 0.3) is 0 Å². The number of ether oxygens (including phenoxy) is 2. The zero-order valence-corrected chi connectivity index (χ0v) is 11.1. The van der Waals surface area contributed by atoms with E-state index in [9.17, 15) is 24.9 Å². The Morgan fingerprint density at radius 3 is 2.23 bits per heavy atom. The van der Waals surface area contributed by atoms with Crippen LogP contribution >= 0.6 is 0 Å². The van der Waals surface area contributed by atoms with Gasteiger partial charge < -0.3 is 35.0 Å². The van der Waals surface area contributed by atoms with Gasteiger partial charge in [-0.05, 0) is 12.1 Å². The monoisotopic (exact) mass is 314 g/mol. The molecular formula is C13H14O9. The second-order valence-electron chi connectivity index (χ2n) is 4.65. The first kappa shape index (κ1) is 16.2. The van der Waals surface area contributed by atoms with Crippen molar-refractivity contribution < 1.29 is 44.6 Å². The van der Waals surface area contributed by atoms with Crippen LogP contribution in [0.2, 0.25) is 0 Å². The molecule has 22 heavy (non-hydrogen) atoms. The third-order valence-corrected chi connectivity index (χ3v) is 3.17. The molecule has 5 atom stereocenters. The molecule has 120 valence electrons. The van der Waals surface area contributed by atoms with E-state index in [4.69, 9.17) is 19.7 Å². The summed E-state index contributed by atoms with van der Waals surface area (Å²) >= 11 is 0. The number of rotatable bonds is 4. The number of carbonyl (C=O) groups is 2. The molecule has 0 spiro atoms. The minimum Gasteiger partial charge on any atom is -0.479 e. The zero-order chi connectivity index (χ0) is 16.4. The SMILES string of the molecule is O=C(O)c1ccccc1O[C@@H]1OC(C(=O)O)[C@@H](O)[C@H](O)C1O. The lowest BCUT2D eigenvalue weighted by atomic mass is 9.99. The largest absolute Gasteiger partial charge is 0.479 e. The summed E-state index contributed by atoms with van der Waals surface area (Å²) in [5.74, 6) is -3.03. The molecule has 1 aromatic rings. The molecule has 2 rings (SSSR count). The molecule has 9 nitrogen and oxygen atoms in total. The van der Waals surface area contributed by atoms with Crippen molar-refractivity contribution in [3.63, 3.8) is 0 Å². The van der Waals surface area contributed by atoms with Crippen molar-refractivity contribution in [3.8, 4) is 5.75 Å².